The van der Waals surface area contributed by atoms with Crippen LogP contribution in [-0.2, 0) is 0 Å². The number of aromatic nitrogens is 2. The Balaban J connectivity index is 2.00. The molecule has 0 aliphatic rings. The molecule has 0 fully saturated rings. The van der Waals surface area contributed by atoms with Crippen LogP contribution < -0.4 is 5.56 Å². The van der Waals surface area contributed by atoms with Crippen LogP contribution in [-0.4, -0.2) is 9.97 Å². The highest BCUT2D eigenvalue weighted by Gasteiger charge is 2.15. The van der Waals surface area contributed by atoms with Gasteiger partial charge in [0, 0.05) is 38.4 Å². The molecule has 25 heavy (non-hydrogen) atoms. The Morgan fingerprint density at radius 3 is 2.52 bits per heavy atom. The number of fused-ring (bicyclic) bond motifs is 1. The minimum absolute atomic E-state index is 0.116. The number of hydrogen-bond acceptors (Lipinski definition) is 2. The minimum atomic E-state index is -0.386. The molecule has 0 saturated heterocycles. The van der Waals surface area contributed by atoms with Gasteiger partial charge in [0.1, 0.15) is 11.6 Å². The van der Waals surface area contributed by atoms with Crippen molar-refractivity contribution in [2.75, 3.05) is 0 Å². The summed E-state index contributed by atoms with van der Waals surface area (Å²) in [5.74, 6) is 0. The number of rotatable bonds is 2. The van der Waals surface area contributed by atoms with Gasteiger partial charge in [0.05, 0.1) is 0 Å². The maximum atomic E-state index is 12.5. The lowest BCUT2D eigenvalue weighted by molar-refractivity contribution is 1.22. The van der Waals surface area contributed by atoms with Crippen molar-refractivity contribution in [2.24, 2.45) is 0 Å². The summed E-state index contributed by atoms with van der Waals surface area (Å²) in [4.78, 5) is 18.5. The van der Waals surface area contributed by atoms with Gasteiger partial charge in [-0.05, 0) is 29.8 Å². The predicted molar refractivity (Wildman–Crippen MR) is 102 cm³/mol. The SMILES string of the molecule is N#Cc1c(-c2c[nH]c3ccccc23)cc(-c2ccc(Br)cc2)[nH]c1=O. The summed E-state index contributed by atoms with van der Waals surface area (Å²) < 4.78 is 0.962. The maximum absolute atomic E-state index is 12.5. The number of H-pyrrole nitrogens is 2. The first-order valence-corrected chi connectivity index (χ1v) is 8.46. The van der Waals surface area contributed by atoms with Gasteiger partial charge in [-0.1, -0.05) is 46.3 Å². The van der Waals surface area contributed by atoms with E-state index in [4.69, 9.17) is 0 Å². The second-order valence-electron chi connectivity index (χ2n) is 5.67. The van der Waals surface area contributed by atoms with Crippen molar-refractivity contribution in [2.45, 2.75) is 0 Å². The van der Waals surface area contributed by atoms with Gasteiger partial charge in [-0.2, -0.15) is 5.26 Å². The molecule has 120 valence electrons. The van der Waals surface area contributed by atoms with E-state index in [1.165, 1.54) is 0 Å². The molecule has 2 heterocycles. The highest BCUT2D eigenvalue weighted by atomic mass is 79.9. The molecule has 2 aromatic heterocycles. The summed E-state index contributed by atoms with van der Waals surface area (Å²) in [6.45, 7) is 0. The van der Waals surface area contributed by atoms with Crippen LogP contribution in [0.15, 0.2) is 70.1 Å². The Morgan fingerprint density at radius 2 is 1.76 bits per heavy atom. The number of nitrogens with one attached hydrogen (secondary N) is 2. The van der Waals surface area contributed by atoms with Crippen LogP contribution in [0.2, 0.25) is 0 Å². The second-order valence-corrected chi connectivity index (χ2v) is 6.58. The molecule has 2 aromatic carbocycles. The lowest BCUT2D eigenvalue weighted by Crippen LogP contribution is -2.12. The predicted octanol–water partition coefficient (Wildman–Crippen LogP) is 4.82. The number of benzene rings is 2. The number of para-hydroxylation sites is 1. The third-order valence-electron chi connectivity index (χ3n) is 4.18. The Hall–Kier alpha value is -3.10. The van der Waals surface area contributed by atoms with Gasteiger partial charge in [0.15, 0.2) is 0 Å². The molecule has 0 saturated carbocycles. The van der Waals surface area contributed by atoms with Crippen LogP contribution in [0.25, 0.3) is 33.3 Å². The summed E-state index contributed by atoms with van der Waals surface area (Å²) in [7, 11) is 0. The summed E-state index contributed by atoms with van der Waals surface area (Å²) >= 11 is 3.41. The van der Waals surface area contributed by atoms with Crippen LogP contribution >= 0.6 is 15.9 Å². The van der Waals surface area contributed by atoms with Crippen molar-refractivity contribution < 1.29 is 0 Å². The van der Waals surface area contributed by atoms with E-state index in [9.17, 15) is 10.1 Å². The van der Waals surface area contributed by atoms with E-state index in [0.29, 0.717) is 11.3 Å². The zero-order chi connectivity index (χ0) is 17.4. The highest BCUT2D eigenvalue weighted by Crippen LogP contribution is 2.32. The Bertz CT molecular complexity index is 1180. The highest BCUT2D eigenvalue weighted by molar-refractivity contribution is 9.10. The molecule has 4 rings (SSSR count). The molecule has 0 spiro atoms. The van der Waals surface area contributed by atoms with Crippen molar-refractivity contribution in [1.82, 2.24) is 9.97 Å². The first-order valence-electron chi connectivity index (χ1n) is 7.67. The fourth-order valence-corrected chi connectivity index (χ4v) is 3.23. The maximum Gasteiger partial charge on any atom is 0.266 e. The summed E-state index contributed by atoms with van der Waals surface area (Å²) in [6.07, 6.45) is 1.84. The fraction of sp³-hybridized carbons (Fsp3) is 0. The third kappa shape index (κ3) is 2.67. The Morgan fingerprint density at radius 1 is 1.00 bits per heavy atom. The van der Waals surface area contributed by atoms with Crippen molar-refractivity contribution in [3.63, 3.8) is 0 Å². The minimum Gasteiger partial charge on any atom is -0.361 e. The molecule has 0 unspecified atom stereocenters. The van der Waals surface area contributed by atoms with E-state index in [1.54, 1.807) is 0 Å². The molecule has 0 aliphatic carbocycles. The van der Waals surface area contributed by atoms with E-state index in [0.717, 1.165) is 26.5 Å². The largest absolute Gasteiger partial charge is 0.361 e. The second kappa shape index (κ2) is 6.08. The van der Waals surface area contributed by atoms with Crippen molar-refractivity contribution in [3.8, 4) is 28.5 Å². The summed E-state index contributed by atoms with van der Waals surface area (Å²) in [5, 5.41) is 10.5. The number of nitrogens with zero attached hydrogens (tertiary/aromatic N) is 1. The third-order valence-corrected chi connectivity index (χ3v) is 4.71. The van der Waals surface area contributed by atoms with E-state index in [2.05, 4.69) is 25.9 Å². The topological polar surface area (TPSA) is 72.4 Å². The molecule has 0 atom stereocenters. The molecule has 0 amide bonds. The van der Waals surface area contributed by atoms with Crippen molar-refractivity contribution >= 4 is 26.8 Å². The Labute approximate surface area is 151 Å². The normalized spacial score (nSPS) is 10.7. The quantitative estimate of drug-likeness (QED) is 0.515. The summed E-state index contributed by atoms with van der Waals surface area (Å²) in [6, 6.07) is 19.4. The fourth-order valence-electron chi connectivity index (χ4n) is 2.96. The van der Waals surface area contributed by atoms with Crippen molar-refractivity contribution in [3.05, 3.63) is 81.2 Å². The van der Waals surface area contributed by atoms with Gasteiger partial charge in [0.25, 0.3) is 5.56 Å². The van der Waals surface area contributed by atoms with Gasteiger partial charge in [-0.25, -0.2) is 0 Å². The molecule has 0 aliphatic heterocycles. The zero-order valence-electron chi connectivity index (χ0n) is 13.0. The van der Waals surface area contributed by atoms with E-state index in [1.807, 2.05) is 66.9 Å². The molecule has 2 N–H and O–H groups in total. The van der Waals surface area contributed by atoms with Crippen LogP contribution in [0.5, 0.6) is 0 Å². The number of pyridine rings is 1. The van der Waals surface area contributed by atoms with E-state index >= 15 is 0 Å². The van der Waals surface area contributed by atoms with Gasteiger partial charge in [0.2, 0.25) is 0 Å². The zero-order valence-corrected chi connectivity index (χ0v) is 14.6. The van der Waals surface area contributed by atoms with Gasteiger partial charge in [-0.15, -0.1) is 0 Å². The number of nitriles is 1. The first-order chi connectivity index (χ1) is 12.2. The monoisotopic (exact) mass is 389 g/mol. The standard InChI is InChI=1S/C20H12BrN3O/c21-13-7-5-12(6-8-13)19-9-15(16(10-22)20(25)24-19)17-11-23-18-4-2-1-3-14(17)18/h1-9,11,23H,(H,24,25). The van der Waals surface area contributed by atoms with Gasteiger partial charge in [-0.3, -0.25) is 4.79 Å². The lowest BCUT2D eigenvalue weighted by atomic mass is 9.98. The average Bonchev–Trinajstić information content (AvgIpc) is 3.05. The van der Waals surface area contributed by atoms with Gasteiger partial charge >= 0.3 is 0 Å². The lowest BCUT2D eigenvalue weighted by Gasteiger charge is -2.07. The smallest absolute Gasteiger partial charge is 0.266 e. The molecule has 4 aromatic rings. The van der Waals surface area contributed by atoms with E-state index in [-0.39, 0.29) is 11.1 Å². The summed E-state index contributed by atoms with van der Waals surface area (Å²) in [5.41, 5.74) is 3.72. The average molecular weight is 390 g/mol. The molecule has 0 radical (unpaired) electrons. The molecular weight excluding hydrogens is 378 g/mol. The number of hydrogen-bond donors (Lipinski definition) is 2. The first kappa shape index (κ1) is 15.4. The number of aromatic amines is 2. The molecule has 0 bridgehead atoms. The van der Waals surface area contributed by atoms with Gasteiger partial charge < -0.3 is 9.97 Å². The molecule has 5 heteroatoms. The molecular formula is C20H12BrN3O. The van der Waals surface area contributed by atoms with E-state index < -0.39 is 0 Å². The van der Waals surface area contributed by atoms with Crippen LogP contribution in [0.4, 0.5) is 0 Å². The molecule has 4 nitrogen and oxygen atoms in total. The Kier molecular flexibility index (Phi) is 3.75. The van der Waals surface area contributed by atoms with Crippen LogP contribution in [0.1, 0.15) is 5.56 Å². The van der Waals surface area contributed by atoms with Crippen molar-refractivity contribution in [1.29, 1.82) is 5.26 Å². The van der Waals surface area contributed by atoms with Crippen LogP contribution in [0, 0.1) is 11.3 Å². The van der Waals surface area contributed by atoms with Crippen LogP contribution in [0.3, 0.4) is 0 Å². The number of halogens is 1.